The van der Waals surface area contributed by atoms with Crippen LogP contribution in [0.1, 0.15) is 24.0 Å². The van der Waals surface area contributed by atoms with E-state index in [1.807, 2.05) is 6.07 Å². The standard InChI is InChI=1S/C19H20N4O4/c1-12-14(10-20)18(24)23(11-13-6-5-9-27-13)19(25)17(12)22-21-15-7-3-4-8-16(15)26-2/h3-4,7-8,13,24H,5-6,9,11H2,1-2H3. The molecule has 1 fully saturated rings. The van der Waals surface area contributed by atoms with E-state index in [0.29, 0.717) is 18.0 Å². The van der Waals surface area contributed by atoms with Gasteiger partial charge in [0.05, 0.1) is 19.8 Å². The van der Waals surface area contributed by atoms with E-state index >= 15 is 0 Å². The molecule has 140 valence electrons. The second-order valence-electron chi connectivity index (χ2n) is 6.21. The van der Waals surface area contributed by atoms with Crippen LogP contribution in [0, 0.1) is 18.3 Å². The molecule has 1 atom stereocenters. The number of hydrogen-bond acceptors (Lipinski definition) is 7. The third-order valence-electron chi connectivity index (χ3n) is 4.52. The minimum absolute atomic E-state index is 0.00146. The first-order chi connectivity index (χ1) is 13.1. The summed E-state index contributed by atoms with van der Waals surface area (Å²) in [4.78, 5) is 12.9. The summed E-state index contributed by atoms with van der Waals surface area (Å²) in [6, 6.07) is 8.95. The number of aromatic nitrogens is 1. The number of azo groups is 1. The fourth-order valence-electron chi connectivity index (χ4n) is 3.03. The number of para-hydroxylation sites is 1. The molecule has 2 aromatic rings. The lowest BCUT2D eigenvalue weighted by Crippen LogP contribution is -2.27. The molecule has 8 heteroatoms. The zero-order valence-corrected chi connectivity index (χ0v) is 15.2. The van der Waals surface area contributed by atoms with E-state index in [2.05, 4.69) is 10.2 Å². The first-order valence-electron chi connectivity index (χ1n) is 8.59. The smallest absolute Gasteiger partial charge is 0.281 e. The van der Waals surface area contributed by atoms with Gasteiger partial charge in [-0.3, -0.25) is 9.36 Å². The second-order valence-corrected chi connectivity index (χ2v) is 6.21. The lowest BCUT2D eigenvalue weighted by atomic mass is 10.1. The van der Waals surface area contributed by atoms with Crippen LogP contribution in [0.25, 0.3) is 0 Å². The molecule has 1 aromatic carbocycles. The lowest BCUT2D eigenvalue weighted by molar-refractivity contribution is 0.0939. The van der Waals surface area contributed by atoms with Crippen LogP contribution in [-0.2, 0) is 11.3 Å². The monoisotopic (exact) mass is 368 g/mol. The van der Waals surface area contributed by atoms with E-state index < -0.39 is 5.56 Å². The molecule has 1 unspecified atom stereocenters. The van der Waals surface area contributed by atoms with Gasteiger partial charge in [-0.1, -0.05) is 12.1 Å². The van der Waals surface area contributed by atoms with Crippen molar-refractivity contribution in [3.05, 3.63) is 45.7 Å². The maximum absolute atomic E-state index is 12.9. The first kappa shape index (κ1) is 18.6. The quantitative estimate of drug-likeness (QED) is 0.814. The minimum atomic E-state index is -0.516. The van der Waals surface area contributed by atoms with E-state index in [9.17, 15) is 15.2 Å². The van der Waals surface area contributed by atoms with E-state index in [1.54, 1.807) is 31.2 Å². The molecule has 1 aromatic heterocycles. The van der Waals surface area contributed by atoms with E-state index in [4.69, 9.17) is 9.47 Å². The lowest BCUT2D eigenvalue weighted by Gasteiger charge is -2.16. The fourth-order valence-corrected chi connectivity index (χ4v) is 3.03. The Kier molecular flexibility index (Phi) is 5.52. The highest BCUT2D eigenvalue weighted by Gasteiger charge is 2.23. The topological polar surface area (TPSA) is 109 Å². The van der Waals surface area contributed by atoms with Crippen molar-refractivity contribution in [3.8, 4) is 17.7 Å². The van der Waals surface area contributed by atoms with E-state index in [0.717, 1.165) is 17.4 Å². The molecule has 27 heavy (non-hydrogen) atoms. The van der Waals surface area contributed by atoms with E-state index in [-0.39, 0.29) is 35.3 Å². The van der Waals surface area contributed by atoms with Gasteiger partial charge in [-0.2, -0.15) is 5.26 Å². The van der Waals surface area contributed by atoms with Crippen LogP contribution in [-0.4, -0.2) is 29.5 Å². The van der Waals surface area contributed by atoms with Crippen LogP contribution in [0.2, 0.25) is 0 Å². The van der Waals surface area contributed by atoms with Crippen LogP contribution >= 0.6 is 0 Å². The Balaban J connectivity index is 2.07. The zero-order valence-electron chi connectivity index (χ0n) is 15.2. The van der Waals surface area contributed by atoms with Crippen molar-refractivity contribution < 1.29 is 14.6 Å². The Morgan fingerprint density at radius 3 is 2.85 bits per heavy atom. The number of ether oxygens (including phenoxy) is 2. The van der Waals surface area contributed by atoms with Crippen molar-refractivity contribution in [1.29, 1.82) is 5.26 Å². The Morgan fingerprint density at radius 2 is 2.19 bits per heavy atom. The van der Waals surface area contributed by atoms with Crippen molar-refractivity contribution in [2.75, 3.05) is 13.7 Å². The summed E-state index contributed by atoms with van der Waals surface area (Å²) in [5.41, 5.74) is 0.228. The van der Waals surface area contributed by atoms with Gasteiger partial charge in [0.1, 0.15) is 23.1 Å². The minimum Gasteiger partial charge on any atom is -0.494 e. The number of nitriles is 1. The molecule has 1 aliphatic heterocycles. The number of pyridine rings is 1. The molecule has 0 aliphatic carbocycles. The summed E-state index contributed by atoms with van der Waals surface area (Å²) in [6.45, 7) is 2.35. The number of benzene rings is 1. The van der Waals surface area contributed by atoms with Gasteiger partial charge < -0.3 is 14.6 Å². The molecule has 1 aliphatic rings. The largest absolute Gasteiger partial charge is 0.494 e. The second kappa shape index (κ2) is 8.01. The van der Waals surface area contributed by atoms with Crippen LogP contribution in [0.15, 0.2) is 39.3 Å². The number of nitrogens with zero attached hydrogens (tertiary/aromatic N) is 4. The van der Waals surface area contributed by atoms with Crippen LogP contribution in [0.5, 0.6) is 11.6 Å². The van der Waals surface area contributed by atoms with Crippen LogP contribution in [0.4, 0.5) is 11.4 Å². The third-order valence-corrected chi connectivity index (χ3v) is 4.52. The van der Waals surface area contributed by atoms with Crippen LogP contribution in [0.3, 0.4) is 0 Å². The van der Waals surface area contributed by atoms with E-state index in [1.165, 1.54) is 7.11 Å². The maximum atomic E-state index is 12.9. The average Bonchev–Trinajstić information content (AvgIpc) is 3.19. The van der Waals surface area contributed by atoms with Crippen molar-refractivity contribution in [2.24, 2.45) is 10.2 Å². The van der Waals surface area contributed by atoms with Crippen molar-refractivity contribution in [2.45, 2.75) is 32.4 Å². The molecule has 3 rings (SSSR count). The highest BCUT2D eigenvalue weighted by atomic mass is 16.5. The van der Waals surface area contributed by atoms with Crippen molar-refractivity contribution in [1.82, 2.24) is 4.57 Å². The predicted octanol–water partition coefficient (Wildman–Crippen LogP) is 3.34. The normalized spacial score (nSPS) is 16.6. The maximum Gasteiger partial charge on any atom is 0.281 e. The van der Waals surface area contributed by atoms with Gasteiger partial charge in [-0.25, -0.2) is 0 Å². The summed E-state index contributed by atoms with van der Waals surface area (Å²) in [5.74, 6) is 0.143. The van der Waals surface area contributed by atoms with Crippen molar-refractivity contribution >= 4 is 11.4 Å². The van der Waals surface area contributed by atoms with Gasteiger partial charge in [-0.05, 0) is 31.9 Å². The van der Waals surface area contributed by atoms with Gasteiger partial charge >= 0.3 is 0 Å². The average molecular weight is 368 g/mol. The third kappa shape index (κ3) is 3.68. The predicted molar refractivity (Wildman–Crippen MR) is 98.0 cm³/mol. The van der Waals surface area contributed by atoms with Crippen LogP contribution < -0.4 is 10.3 Å². The fraction of sp³-hybridized carbons (Fsp3) is 0.368. The molecule has 0 bridgehead atoms. The molecule has 0 amide bonds. The Hall–Kier alpha value is -3.18. The highest BCUT2D eigenvalue weighted by molar-refractivity contribution is 5.57. The summed E-state index contributed by atoms with van der Waals surface area (Å²) >= 11 is 0. The molecular weight excluding hydrogens is 348 g/mol. The number of aromatic hydroxyl groups is 1. The molecule has 0 radical (unpaired) electrons. The highest BCUT2D eigenvalue weighted by Crippen LogP contribution is 2.31. The van der Waals surface area contributed by atoms with Gasteiger partial charge in [0, 0.05) is 12.2 Å². The number of hydrogen-bond donors (Lipinski definition) is 1. The Bertz CT molecular complexity index is 969. The van der Waals surface area contributed by atoms with Gasteiger partial charge in [-0.15, -0.1) is 10.2 Å². The molecule has 1 saturated heterocycles. The Labute approximate surface area is 156 Å². The zero-order chi connectivity index (χ0) is 19.4. The Morgan fingerprint density at radius 1 is 1.41 bits per heavy atom. The molecular formula is C19H20N4O4. The molecule has 0 saturated carbocycles. The number of methoxy groups -OCH3 is 1. The first-order valence-corrected chi connectivity index (χ1v) is 8.59. The molecule has 8 nitrogen and oxygen atoms in total. The molecule has 0 spiro atoms. The molecule has 1 N–H and O–H groups in total. The summed E-state index contributed by atoms with van der Waals surface area (Å²) < 4.78 is 11.9. The van der Waals surface area contributed by atoms with Gasteiger partial charge in [0.25, 0.3) is 5.56 Å². The molecule has 2 heterocycles. The summed E-state index contributed by atoms with van der Waals surface area (Å²) in [6.07, 6.45) is 1.51. The van der Waals surface area contributed by atoms with Crippen molar-refractivity contribution in [3.63, 3.8) is 0 Å². The summed E-state index contributed by atoms with van der Waals surface area (Å²) in [7, 11) is 1.52. The van der Waals surface area contributed by atoms with Gasteiger partial charge in [0.2, 0.25) is 5.88 Å². The SMILES string of the molecule is COc1ccccc1N=Nc1c(C)c(C#N)c(O)n(CC2CCCO2)c1=O. The summed E-state index contributed by atoms with van der Waals surface area (Å²) in [5, 5.41) is 28.0. The van der Waals surface area contributed by atoms with Gasteiger partial charge in [0.15, 0.2) is 5.69 Å². The number of rotatable bonds is 5.